The number of nitrogens with one attached hydrogen (secondary N) is 2. The van der Waals surface area contributed by atoms with E-state index in [0.29, 0.717) is 0 Å². The molecule has 2 aromatic rings. The molecule has 1 amide bonds. The van der Waals surface area contributed by atoms with E-state index in [9.17, 15) is 4.79 Å². The molecule has 0 aromatic heterocycles. The van der Waals surface area contributed by atoms with Crippen LogP contribution in [0, 0.1) is 0 Å². The lowest BCUT2D eigenvalue weighted by atomic mass is 9.91. The van der Waals surface area contributed by atoms with Gasteiger partial charge in [0.25, 0.3) is 5.91 Å². The van der Waals surface area contributed by atoms with Gasteiger partial charge in [0.2, 0.25) is 0 Å². The van der Waals surface area contributed by atoms with Gasteiger partial charge in [0.15, 0.2) is 0 Å². The van der Waals surface area contributed by atoms with E-state index in [1.165, 1.54) is 16.3 Å². The van der Waals surface area contributed by atoms with Crippen LogP contribution in [0.15, 0.2) is 42.0 Å². The summed E-state index contributed by atoms with van der Waals surface area (Å²) in [5, 5.41) is 2.49. The minimum atomic E-state index is -0.361. The molecule has 0 unspecified atom stereocenters. The van der Waals surface area contributed by atoms with Crippen LogP contribution in [0.1, 0.15) is 38.3 Å². The summed E-state index contributed by atoms with van der Waals surface area (Å²) < 4.78 is 0. The standard InChI is InChI=1S/C19H22N2O/c1-4-7-13-8-5-11-16-14(9-6-10-15(13)16)12-17-18(22)20-21-19(17,2)3/h5-6,8-12,21H,4,7H2,1-3H3,(H,20,22)/b17-12+. The van der Waals surface area contributed by atoms with Gasteiger partial charge in [0.05, 0.1) is 5.54 Å². The van der Waals surface area contributed by atoms with E-state index in [2.05, 4.69) is 54.2 Å². The lowest BCUT2D eigenvalue weighted by Gasteiger charge is -2.17. The van der Waals surface area contributed by atoms with Crippen molar-refractivity contribution in [3.63, 3.8) is 0 Å². The summed E-state index contributed by atoms with van der Waals surface area (Å²) in [6.45, 7) is 6.20. The normalized spacial score (nSPS) is 18.9. The van der Waals surface area contributed by atoms with Crippen molar-refractivity contribution in [2.45, 2.75) is 39.2 Å². The molecule has 1 heterocycles. The Hall–Kier alpha value is -2.13. The van der Waals surface area contributed by atoms with Crippen molar-refractivity contribution in [1.82, 2.24) is 10.9 Å². The number of aryl methyl sites for hydroxylation is 1. The van der Waals surface area contributed by atoms with Crippen LogP contribution >= 0.6 is 0 Å². The Balaban J connectivity index is 2.16. The predicted molar refractivity (Wildman–Crippen MR) is 91.3 cm³/mol. The fourth-order valence-electron chi connectivity index (χ4n) is 3.05. The number of carbonyl (C=O) groups excluding carboxylic acids is 1. The van der Waals surface area contributed by atoms with Gasteiger partial charge in [-0.2, -0.15) is 0 Å². The van der Waals surface area contributed by atoms with Crippen LogP contribution in [0.25, 0.3) is 16.8 Å². The molecular formula is C19H22N2O. The number of fused-ring (bicyclic) bond motifs is 1. The quantitative estimate of drug-likeness (QED) is 0.849. The summed E-state index contributed by atoms with van der Waals surface area (Å²) in [6, 6.07) is 12.7. The summed E-state index contributed by atoms with van der Waals surface area (Å²) >= 11 is 0. The number of benzene rings is 2. The molecule has 3 rings (SSSR count). The first-order valence-corrected chi connectivity index (χ1v) is 7.83. The molecule has 0 spiro atoms. The van der Waals surface area contributed by atoms with Gasteiger partial charge in [0, 0.05) is 5.57 Å². The Morgan fingerprint density at radius 1 is 1.09 bits per heavy atom. The largest absolute Gasteiger partial charge is 0.287 e. The van der Waals surface area contributed by atoms with Crippen molar-refractivity contribution in [1.29, 1.82) is 0 Å². The van der Waals surface area contributed by atoms with Crippen LogP contribution in [-0.4, -0.2) is 11.4 Å². The second-order valence-corrected chi connectivity index (χ2v) is 6.37. The molecule has 0 bridgehead atoms. The average molecular weight is 294 g/mol. The highest BCUT2D eigenvalue weighted by atomic mass is 16.2. The van der Waals surface area contributed by atoms with Crippen LogP contribution in [0.5, 0.6) is 0 Å². The highest BCUT2D eigenvalue weighted by Gasteiger charge is 2.34. The zero-order valence-electron chi connectivity index (χ0n) is 13.4. The van der Waals surface area contributed by atoms with Crippen molar-refractivity contribution in [2.24, 2.45) is 0 Å². The number of rotatable bonds is 3. The van der Waals surface area contributed by atoms with Crippen LogP contribution in [0.2, 0.25) is 0 Å². The second-order valence-electron chi connectivity index (χ2n) is 6.37. The van der Waals surface area contributed by atoms with Crippen molar-refractivity contribution < 1.29 is 4.79 Å². The molecule has 3 heteroatoms. The zero-order valence-corrected chi connectivity index (χ0v) is 13.4. The molecule has 3 nitrogen and oxygen atoms in total. The monoisotopic (exact) mass is 294 g/mol. The van der Waals surface area contributed by atoms with E-state index in [4.69, 9.17) is 0 Å². The van der Waals surface area contributed by atoms with Gasteiger partial charge >= 0.3 is 0 Å². The van der Waals surface area contributed by atoms with E-state index in [1.54, 1.807) is 0 Å². The van der Waals surface area contributed by atoms with Crippen molar-refractivity contribution >= 4 is 22.8 Å². The first-order valence-electron chi connectivity index (χ1n) is 7.83. The smallest absolute Gasteiger partial charge is 0.263 e. The van der Waals surface area contributed by atoms with Gasteiger partial charge < -0.3 is 0 Å². The number of carbonyl (C=O) groups is 1. The van der Waals surface area contributed by atoms with Gasteiger partial charge in [-0.1, -0.05) is 49.7 Å². The summed E-state index contributed by atoms with van der Waals surface area (Å²) in [6.07, 6.45) is 4.21. The van der Waals surface area contributed by atoms with Gasteiger partial charge in [-0.05, 0) is 48.2 Å². The molecule has 2 aromatic carbocycles. The molecular weight excluding hydrogens is 272 g/mol. The summed E-state index contributed by atoms with van der Waals surface area (Å²) in [5.41, 5.74) is 8.60. The Morgan fingerprint density at radius 2 is 1.82 bits per heavy atom. The topological polar surface area (TPSA) is 41.1 Å². The molecule has 1 saturated heterocycles. The molecule has 0 saturated carbocycles. The lowest BCUT2D eigenvalue weighted by Crippen LogP contribution is -2.38. The van der Waals surface area contributed by atoms with E-state index in [0.717, 1.165) is 24.0 Å². The van der Waals surface area contributed by atoms with E-state index < -0.39 is 0 Å². The molecule has 2 N–H and O–H groups in total. The Morgan fingerprint density at radius 3 is 2.50 bits per heavy atom. The molecule has 0 atom stereocenters. The Labute approximate surface area is 131 Å². The van der Waals surface area contributed by atoms with Gasteiger partial charge in [-0.3, -0.25) is 10.2 Å². The fraction of sp³-hybridized carbons (Fsp3) is 0.316. The van der Waals surface area contributed by atoms with Crippen molar-refractivity contribution in [2.75, 3.05) is 0 Å². The number of amides is 1. The molecule has 1 aliphatic rings. The molecule has 1 fully saturated rings. The number of hydrogen-bond acceptors (Lipinski definition) is 2. The maximum absolute atomic E-state index is 12.1. The minimum Gasteiger partial charge on any atom is -0.287 e. The molecule has 114 valence electrons. The number of hydrazine groups is 1. The molecule has 22 heavy (non-hydrogen) atoms. The maximum Gasteiger partial charge on any atom is 0.263 e. The van der Waals surface area contributed by atoms with E-state index in [-0.39, 0.29) is 11.4 Å². The number of hydrogen-bond donors (Lipinski definition) is 2. The van der Waals surface area contributed by atoms with Crippen molar-refractivity contribution in [3.8, 4) is 0 Å². The third-order valence-electron chi connectivity index (χ3n) is 4.27. The highest BCUT2D eigenvalue weighted by Crippen LogP contribution is 2.28. The fourth-order valence-corrected chi connectivity index (χ4v) is 3.05. The van der Waals surface area contributed by atoms with E-state index >= 15 is 0 Å². The average Bonchev–Trinajstić information content (AvgIpc) is 2.75. The van der Waals surface area contributed by atoms with Crippen LogP contribution in [0.3, 0.4) is 0 Å². The van der Waals surface area contributed by atoms with Crippen LogP contribution in [0.4, 0.5) is 0 Å². The molecule has 0 aliphatic carbocycles. The molecule has 1 aliphatic heterocycles. The molecule has 0 radical (unpaired) electrons. The summed E-state index contributed by atoms with van der Waals surface area (Å²) in [5.74, 6) is -0.0493. The lowest BCUT2D eigenvalue weighted by molar-refractivity contribution is -0.116. The minimum absolute atomic E-state index is 0.0493. The first-order chi connectivity index (χ1) is 10.5. The van der Waals surface area contributed by atoms with Gasteiger partial charge in [-0.25, -0.2) is 5.43 Å². The highest BCUT2D eigenvalue weighted by molar-refractivity contribution is 6.04. The van der Waals surface area contributed by atoms with Crippen LogP contribution < -0.4 is 10.9 Å². The van der Waals surface area contributed by atoms with Gasteiger partial charge in [-0.15, -0.1) is 0 Å². The first kappa shape index (κ1) is 14.8. The summed E-state index contributed by atoms with van der Waals surface area (Å²) in [7, 11) is 0. The Bertz CT molecular complexity index is 759. The predicted octanol–water partition coefficient (Wildman–Crippen LogP) is 3.59. The van der Waals surface area contributed by atoms with Crippen molar-refractivity contribution in [3.05, 3.63) is 53.1 Å². The van der Waals surface area contributed by atoms with E-state index in [1.807, 2.05) is 19.9 Å². The maximum atomic E-state index is 12.1. The zero-order chi connectivity index (χ0) is 15.7. The SMILES string of the molecule is CCCc1cccc2c(/C=C3\C(=O)NNC3(C)C)cccc12. The van der Waals surface area contributed by atoms with Crippen LogP contribution in [-0.2, 0) is 11.2 Å². The Kier molecular flexibility index (Phi) is 3.75. The van der Waals surface area contributed by atoms with Gasteiger partial charge in [0.1, 0.15) is 0 Å². The third kappa shape index (κ3) is 2.53. The summed E-state index contributed by atoms with van der Waals surface area (Å²) in [4.78, 5) is 12.1. The second kappa shape index (κ2) is 5.58. The third-order valence-corrected chi connectivity index (χ3v) is 4.27.